The standard InChI is InChI=1S/C26H26FN5O/c27-20-8-4-9-21(16-20)29-24-17-22(18-11-13-28-14-12-18)30-25(31-24)23-10-5-15-32(23)26(33)19-6-2-1-3-7-19/h1-2,4,8-9,11-14,16-17,19,23H,3,5-7,10,15H2,(H,29,30,31). The maximum Gasteiger partial charge on any atom is 0.226 e. The molecule has 0 bridgehead atoms. The number of likely N-dealkylation sites (tertiary alicyclic amines) is 1. The molecule has 2 atom stereocenters. The third-order valence-electron chi connectivity index (χ3n) is 6.27. The molecule has 6 nitrogen and oxygen atoms in total. The number of nitrogens with zero attached hydrogens (tertiary/aromatic N) is 4. The monoisotopic (exact) mass is 443 g/mol. The van der Waals surface area contributed by atoms with E-state index in [9.17, 15) is 9.18 Å². The van der Waals surface area contributed by atoms with Crippen LogP contribution < -0.4 is 5.32 Å². The van der Waals surface area contributed by atoms with Crippen LogP contribution in [0.3, 0.4) is 0 Å². The number of amides is 1. The van der Waals surface area contributed by atoms with Gasteiger partial charge in [0.15, 0.2) is 5.82 Å². The molecular formula is C26H26FN5O. The van der Waals surface area contributed by atoms with Crippen LogP contribution in [0.4, 0.5) is 15.9 Å². The molecule has 1 aliphatic heterocycles. The lowest BCUT2D eigenvalue weighted by Gasteiger charge is -2.29. The Bertz CT molecular complexity index is 1170. The van der Waals surface area contributed by atoms with Crippen molar-refractivity contribution in [2.75, 3.05) is 11.9 Å². The number of nitrogens with one attached hydrogen (secondary N) is 1. The average molecular weight is 444 g/mol. The first kappa shape index (κ1) is 21.2. The van der Waals surface area contributed by atoms with Gasteiger partial charge in [0.05, 0.1) is 11.7 Å². The number of halogens is 1. The molecule has 1 fully saturated rings. The molecule has 1 amide bonds. The van der Waals surface area contributed by atoms with E-state index in [1.54, 1.807) is 24.5 Å². The summed E-state index contributed by atoms with van der Waals surface area (Å²) in [5.41, 5.74) is 2.25. The van der Waals surface area contributed by atoms with E-state index in [2.05, 4.69) is 22.5 Å². The zero-order chi connectivity index (χ0) is 22.6. The lowest BCUT2D eigenvalue weighted by atomic mass is 9.93. The van der Waals surface area contributed by atoms with Gasteiger partial charge in [-0.1, -0.05) is 18.2 Å². The Balaban J connectivity index is 1.50. The Hall–Kier alpha value is -3.61. The van der Waals surface area contributed by atoms with Gasteiger partial charge in [0, 0.05) is 42.2 Å². The number of aromatic nitrogens is 3. The van der Waals surface area contributed by atoms with Gasteiger partial charge < -0.3 is 10.2 Å². The fourth-order valence-electron chi connectivity index (χ4n) is 4.61. The second-order valence-corrected chi connectivity index (χ2v) is 8.54. The predicted octanol–water partition coefficient (Wildman–Crippen LogP) is 5.44. The van der Waals surface area contributed by atoms with Crippen LogP contribution in [0, 0.1) is 11.7 Å². The van der Waals surface area contributed by atoms with Crippen LogP contribution >= 0.6 is 0 Å². The van der Waals surface area contributed by atoms with Crippen LogP contribution in [0.2, 0.25) is 0 Å². The van der Waals surface area contributed by atoms with E-state index in [1.165, 1.54) is 12.1 Å². The highest BCUT2D eigenvalue weighted by atomic mass is 19.1. The molecule has 2 unspecified atom stereocenters. The second kappa shape index (κ2) is 9.48. The molecule has 0 radical (unpaired) electrons. The Morgan fingerprint density at radius 2 is 1.94 bits per heavy atom. The van der Waals surface area contributed by atoms with Crippen LogP contribution in [-0.4, -0.2) is 32.3 Å². The molecule has 1 aromatic carbocycles. The normalized spacial score (nSPS) is 20.1. The fourth-order valence-corrected chi connectivity index (χ4v) is 4.61. The van der Waals surface area contributed by atoms with Crippen molar-refractivity contribution in [1.82, 2.24) is 19.9 Å². The number of rotatable bonds is 5. The van der Waals surface area contributed by atoms with Crippen LogP contribution in [0.25, 0.3) is 11.3 Å². The van der Waals surface area contributed by atoms with E-state index in [4.69, 9.17) is 9.97 Å². The Labute approximate surface area is 192 Å². The number of hydrogen-bond donors (Lipinski definition) is 1. The first-order chi connectivity index (χ1) is 16.2. The summed E-state index contributed by atoms with van der Waals surface area (Å²) in [6, 6.07) is 11.7. The Morgan fingerprint density at radius 1 is 1.06 bits per heavy atom. The van der Waals surface area contributed by atoms with E-state index in [0.29, 0.717) is 17.3 Å². The number of allylic oxidation sites excluding steroid dienone is 2. The van der Waals surface area contributed by atoms with E-state index < -0.39 is 0 Å². The van der Waals surface area contributed by atoms with Crippen molar-refractivity contribution < 1.29 is 9.18 Å². The lowest BCUT2D eigenvalue weighted by Crippen LogP contribution is -2.36. The summed E-state index contributed by atoms with van der Waals surface area (Å²) in [5, 5.41) is 3.21. The van der Waals surface area contributed by atoms with Crippen molar-refractivity contribution >= 4 is 17.4 Å². The molecular weight excluding hydrogens is 417 g/mol. The first-order valence-electron chi connectivity index (χ1n) is 11.4. The zero-order valence-electron chi connectivity index (χ0n) is 18.3. The largest absolute Gasteiger partial charge is 0.340 e. The molecule has 3 aromatic rings. The van der Waals surface area contributed by atoms with Crippen molar-refractivity contribution in [3.8, 4) is 11.3 Å². The van der Waals surface area contributed by atoms with Crippen LogP contribution in [0.5, 0.6) is 0 Å². The molecule has 7 heteroatoms. The molecule has 0 saturated carbocycles. The summed E-state index contributed by atoms with van der Waals surface area (Å²) < 4.78 is 13.7. The van der Waals surface area contributed by atoms with Gasteiger partial charge in [0.25, 0.3) is 0 Å². The highest BCUT2D eigenvalue weighted by Crippen LogP contribution is 2.35. The summed E-state index contributed by atoms with van der Waals surface area (Å²) in [5.74, 6) is 1.08. The van der Waals surface area contributed by atoms with E-state index in [1.807, 2.05) is 23.1 Å². The molecule has 168 valence electrons. The number of benzene rings is 1. The van der Waals surface area contributed by atoms with E-state index in [0.717, 1.165) is 49.9 Å². The quantitative estimate of drug-likeness (QED) is 0.532. The van der Waals surface area contributed by atoms with Gasteiger partial charge in [-0.2, -0.15) is 0 Å². The lowest BCUT2D eigenvalue weighted by molar-refractivity contribution is -0.136. The minimum Gasteiger partial charge on any atom is -0.340 e. The summed E-state index contributed by atoms with van der Waals surface area (Å²) >= 11 is 0. The van der Waals surface area contributed by atoms with Gasteiger partial charge in [-0.05, 0) is 62.4 Å². The molecule has 1 N–H and O–H groups in total. The molecule has 5 rings (SSSR count). The van der Waals surface area contributed by atoms with Crippen molar-refractivity contribution in [2.24, 2.45) is 5.92 Å². The summed E-state index contributed by atoms with van der Waals surface area (Å²) in [7, 11) is 0. The summed E-state index contributed by atoms with van der Waals surface area (Å²) in [6.45, 7) is 0.721. The number of carbonyl (C=O) groups is 1. The Morgan fingerprint density at radius 3 is 2.73 bits per heavy atom. The number of hydrogen-bond acceptors (Lipinski definition) is 5. The van der Waals surface area contributed by atoms with E-state index in [-0.39, 0.29) is 23.7 Å². The second-order valence-electron chi connectivity index (χ2n) is 8.54. The summed E-state index contributed by atoms with van der Waals surface area (Å²) in [6.07, 6.45) is 12.1. The minimum absolute atomic E-state index is 0.0314. The average Bonchev–Trinajstić information content (AvgIpc) is 3.35. The molecule has 2 aliphatic rings. The van der Waals surface area contributed by atoms with Crippen LogP contribution in [0.15, 0.2) is 67.0 Å². The summed E-state index contributed by atoms with van der Waals surface area (Å²) in [4.78, 5) is 29.0. The fraction of sp³-hybridized carbons (Fsp3) is 0.308. The molecule has 1 aliphatic carbocycles. The number of carbonyl (C=O) groups excluding carboxylic acids is 1. The third kappa shape index (κ3) is 4.77. The van der Waals surface area contributed by atoms with Gasteiger partial charge in [-0.25, -0.2) is 14.4 Å². The maximum atomic E-state index is 13.7. The molecule has 33 heavy (non-hydrogen) atoms. The van der Waals surface area contributed by atoms with Gasteiger partial charge >= 0.3 is 0 Å². The van der Waals surface area contributed by atoms with Gasteiger partial charge in [-0.3, -0.25) is 9.78 Å². The highest BCUT2D eigenvalue weighted by molar-refractivity contribution is 5.80. The van der Waals surface area contributed by atoms with Crippen LogP contribution in [-0.2, 0) is 4.79 Å². The van der Waals surface area contributed by atoms with Crippen molar-refractivity contribution in [3.63, 3.8) is 0 Å². The van der Waals surface area contributed by atoms with Gasteiger partial charge in [0.2, 0.25) is 5.91 Å². The minimum atomic E-state index is -0.322. The smallest absolute Gasteiger partial charge is 0.226 e. The van der Waals surface area contributed by atoms with Crippen LogP contribution in [0.1, 0.15) is 44.0 Å². The number of anilines is 2. The predicted molar refractivity (Wildman–Crippen MR) is 125 cm³/mol. The third-order valence-corrected chi connectivity index (χ3v) is 6.27. The zero-order valence-corrected chi connectivity index (χ0v) is 18.3. The topological polar surface area (TPSA) is 71.0 Å². The van der Waals surface area contributed by atoms with Crippen molar-refractivity contribution in [2.45, 2.75) is 38.1 Å². The van der Waals surface area contributed by atoms with Gasteiger partial charge in [0.1, 0.15) is 11.6 Å². The molecule has 1 saturated heterocycles. The highest BCUT2D eigenvalue weighted by Gasteiger charge is 2.35. The van der Waals surface area contributed by atoms with Gasteiger partial charge in [-0.15, -0.1) is 0 Å². The van der Waals surface area contributed by atoms with Crippen molar-refractivity contribution in [1.29, 1.82) is 0 Å². The first-order valence-corrected chi connectivity index (χ1v) is 11.4. The number of pyridine rings is 1. The molecule has 3 heterocycles. The Kier molecular flexibility index (Phi) is 6.11. The molecule has 0 spiro atoms. The van der Waals surface area contributed by atoms with Crippen molar-refractivity contribution in [3.05, 3.63) is 78.7 Å². The molecule has 2 aromatic heterocycles. The SMILES string of the molecule is O=C(C1CC=CCC1)N1CCCC1c1nc(Nc2cccc(F)c2)cc(-c2ccncc2)n1. The van der Waals surface area contributed by atoms with E-state index >= 15 is 0 Å². The maximum absolute atomic E-state index is 13.7.